The van der Waals surface area contributed by atoms with Crippen molar-refractivity contribution in [2.75, 3.05) is 54.9 Å². The molecule has 0 aliphatic carbocycles. The second-order valence-electron chi connectivity index (χ2n) is 10.6. The van der Waals surface area contributed by atoms with Crippen LogP contribution in [0, 0.1) is 0 Å². The maximum atomic E-state index is 5.15. The van der Waals surface area contributed by atoms with Gasteiger partial charge in [0.25, 0.3) is 0 Å². The molecule has 0 aromatic carbocycles. The molecule has 0 aliphatic heterocycles. The van der Waals surface area contributed by atoms with Gasteiger partial charge < -0.3 is 37.2 Å². The molecule has 0 amide bonds. The van der Waals surface area contributed by atoms with Crippen molar-refractivity contribution in [1.29, 1.82) is 0 Å². The fourth-order valence-electron chi connectivity index (χ4n) is 5.02. The van der Waals surface area contributed by atoms with Gasteiger partial charge in [0.05, 0.1) is 26.4 Å². The summed E-state index contributed by atoms with van der Waals surface area (Å²) < 4.78 is 28.7. The Labute approximate surface area is 299 Å². The molecule has 49 heavy (non-hydrogen) atoms. The van der Waals surface area contributed by atoms with E-state index in [0.717, 1.165) is 72.3 Å². The number of methoxy groups -OCH3 is 4. The first-order valence-electron chi connectivity index (χ1n) is 15.6. The average Bonchev–Trinajstić information content (AvgIpc) is 3.96. The van der Waals surface area contributed by atoms with E-state index in [1.807, 2.05) is 79.5 Å². The van der Waals surface area contributed by atoms with Gasteiger partial charge in [-0.15, -0.1) is 0 Å². The van der Waals surface area contributed by atoms with E-state index in [1.165, 1.54) is 0 Å². The summed E-state index contributed by atoms with van der Waals surface area (Å²) in [6.45, 7) is 5.46. The summed E-state index contributed by atoms with van der Waals surface area (Å²) in [4.78, 5) is 27.2. The molecule has 0 spiro atoms. The third-order valence-electron chi connectivity index (χ3n) is 7.42. The van der Waals surface area contributed by atoms with Crippen LogP contribution in [0.5, 0.6) is 0 Å². The summed E-state index contributed by atoms with van der Waals surface area (Å²) in [5.74, 6) is 3.29. The molecule has 0 atom stereocenters. The van der Waals surface area contributed by atoms with Crippen molar-refractivity contribution in [3.8, 4) is 46.1 Å². The SMILES string of the molecule is COCCn1ccnc1-c1cccc(-c2nccn2CCOC)n1.COCCn1ccnc1-c1cccc(-c2nccn2CCOC)n1.[Os]. The smallest absolute Gasteiger partial charge is 0.158 e. The Balaban J connectivity index is 0.000000216. The molecular weight excluding hydrogens is 803 g/mol. The third-order valence-corrected chi connectivity index (χ3v) is 7.42. The Hall–Kier alpha value is -4.38. The van der Waals surface area contributed by atoms with Crippen molar-refractivity contribution >= 4 is 0 Å². The Morgan fingerprint density at radius 3 is 0.898 bits per heavy atom. The zero-order valence-electron chi connectivity index (χ0n) is 28.2. The minimum atomic E-state index is 0. The van der Waals surface area contributed by atoms with Gasteiger partial charge in [0.1, 0.15) is 22.8 Å². The van der Waals surface area contributed by atoms with Gasteiger partial charge in [-0.25, -0.2) is 29.9 Å². The van der Waals surface area contributed by atoms with E-state index in [1.54, 1.807) is 53.2 Å². The van der Waals surface area contributed by atoms with Crippen molar-refractivity contribution < 1.29 is 38.7 Å². The Morgan fingerprint density at radius 2 is 0.673 bits per heavy atom. The van der Waals surface area contributed by atoms with Crippen LogP contribution in [0.2, 0.25) is 0 Å². The molecule has 15 heteroatoms. The quantitative estimate of drug-likeness (QED) is 0.140. The molecule has 0 bridgehead atoms. The van der Waals surface area contributed by atoms with E-state index in [0.29, 0.717) is 26.4 Å². The van der Waals surface area contributed by atoms with Gasteiger partial charge in [-0.3, -0.25) is 0 Å². The Bertz CT molecular complexity index is 1580. The summed E-state index contributed by atoms with van der Waals surface area (Å²) in [6.07, 6.45) is 14.8. The first-order chi connectivity index (χ1) is 23.7. The molecule has 0 unspecified atom stereocenters. The second kappa shape index (κ2) is 19.6. The number of ether oxygens (including phenoxy) is 4. The predicted molar refractivity (Wildman–Crippen MR) is 181 cm³/mol. The second-order valence-corrected chi connectivity index (χ2v) is 10.6. The maximum Gasteiger partial charge on any atom is 0.158 e. The largest absolute Gasteiger partial charge is 0.383 e. The van der Waals surface area contributed by atoms with Crippen LogP contribution in [0.3, 0.4) is 0 Å². The Kier molecular flexibility index (Phi) is 15.0. The fourth-order valence-corrected chi connectivity index (χ4v) is 5.02. The third kappa shape index (κ3) is 9.84. The van der Waals surface area contributed by atoms with Gasteiger partial charge >= 0.3 is 0 Å². The van der Waals surface area contributed by atoms with Crippen molar-refractivity contribution in [2.45, 2.75) is 26.2 Å². The molecule has 0 radical (unpaired) electrons. The summed E-state index contributed by atoms with van der Waals surface area (Å²) in [5.41, 5.74) is 3.26. The number of hydrogen-bond acceptors (Lipinski definition) is 10. The molecule has 6 heterocycles. The van der Waals surface area contributed by atoms with Crippen LogP contribution in [-0.2, 0) is 64.9 Å². The molecule has 6 aromatic rings. The van der Waals surface area contributed by atoms with E-state index in [9.17, 15) is 0 Å². The van der Waals surface area contributed by atoms with E-state index < -0.39 is 0 Å². The van der Waals surface area contributed by atoms with Crippen molar-refractivity contribution in [2.24, 2.45) is 0 Å². The summed E-state index contributed by atoms with van der Waals surface area (Å²) in [6, 6.07) is 11.8. The molecule has 0 N–H and O–H groups in total. The summed E-state index contributed by atoms with van der Waals surface area (Å²) in [7, 11) is 6.76. The summed E-state index contributed by atoms with van der Waals surface area (Å²) in [5, 5.41) is 0. The molecule has 14 nitrogen and oxygen atoms in total. The van der Waals surface area contributed by atoms with Crippen molar-refractivity contribution in [1.82, 2.24) is 48.2 Å². The van der Waals surface area contributed by atoms with Gasteiger partial charge in [0.15, 0.2) is 23.3 Å². The number of rotatable bonds is 16. The zero-order valence-corrected chi connectivity index (χ0v) is 30.7. The predicted octanol–water partition coefficient (Wildman–Crippen LogP) is 4.20. The minimum Gasteiger partial charge on any atom is -0.383 e. The van der Waals surface area contributed by atoms with Crippen LogP contribution in [0.25, 0.3) is 46.1 Å². The van der Waals surface area contributed by atoms with Gasteiger partial charge in [-0.2, -0.15) is 0 Å². The molecule has 0 fully saturated rings. The van der Waals surface area contributed by atoms with E-state index in [-0.39, 0.29) is 19.8 Å². The van der Waals surface area contributed by atoms with E-state index in [2.05, 4.69) is 19.9 Å². The Morgan fingerprint density at radius 1 is 0.429 bits per heavy atom. The molecule has 260 valence electrons. The molecule has 0 saturated heterocycles. The number of nitrogens with zero attached hydrogens (tertiary/aromatic N) is 10. The topological polar surface area (TPSA) is 134 Å². The first kappa shape index (κ1) is 37.4. The molecular formula is C34H42N10O4Os. The molecule has 6 rings (SSSR count). The van der Waals surface area contributed by atoms with Crippen LogP contribution in [-0.4, -0.2) is 103 Å². The van der Waals surface area contributed by atoms with Gasteiger partial charge in [-0.1, -0.05) is 12.1 Å². The fraction of sp³-hybridized carbons (Fsp3) is 0.353. The monoisotopic (exact) mass is 846 g/mol. The van der Waals surface area contributed by atoms with Gasteiger partial charge in [0.2, 0.25) is 0 Å². The van der Waals surface area contributed by atoms with Crippen LogP contribution < -0.4 is 0 Å². The average molecular weight is 845 g/mol. The van der Waals surface area contributed by atoms with E-state index >= 15 is 0 Å². The zero-order chi connectivity index (χ0) is 33.6. The number of hydrogen-bond donors (Lipinski definition) is 0. The number of imidazole rings is 4. The normalized spacial score (nSPS) is 10.9. The van der Waals surface area contributed by atoms with Gasteiger partial charge in [0, 0.05) is 124 Å². The standard InChI is InChI=1S/2C17H21N5O2.Os/c2*1-23-12-10-21-8-6-18-16(21)14-4-3-5-15(20-14)17-19-7-9-22(17)11-13-24-2;/h2*3-9H,10-13H2,1-2H3;. The first-order valence-corrected chi connectivity index (χ1v) is 15.6. The molecule has 0 aliphatic rings. The molecule has 0 saturated carbocycles. The van der Waals surface area contributed by atoms with E-state index in [4.69, 9.17) is 28.9 Å². The van der Waals surface area contributed by atoms with Crippen molar-refractivity contribution in [3.05, 3.63) is 86.0 Å². The van der Waals surface area contributed by atoms with Crippen LogP contribution in [0.1, 0.15) is 0 Å². The maximum absolute atomic E-state index is 5.15. The minimum absolute atomic E-state index is 0. The van der Waals surface area contributed by atoms with Crippen LogP contribution in [0.4, 0.5) is 0 Å². The summed E-state index contributed by atoms with van der Waals surface area (Å²) >= 11 is 0. The molecule has 6 aromatic heterocycles. The van der Waals surface area contributed by atoms with Gasteiger partial charge in [-0.05, 0) is 24.3 Å². The van der Waals surface area contributed by atoms with Crippen LogP contribution >= 0.6 is 0 Å². The van der Waals surface area contributed by atoms with Crippen molar-refractivity contribution in [3.63, 3.8) is 0 Å². The number of aromatic nitrogens is 10. The van der Waals surface area contributed by atoms with Crippen LogP contribution in [0.15, 0.2) is 86.0 Å². The number of pyridine rings is 2.